The highest BCUT2D eigenvalue weighted by Crippen LogP contribution is 2.22. The van der Waals surface area contributed by atoms with Gasteiger partial charge in [0.25, 0.3) is 0 Å². The summed E-state index contributed by atoms with van der Waals surface area (Å²) in [6.45, 7) is 2.51. The molecule has 0 amide bonds. The molecule has 1 unspecified atom stereocenters. The summed E-state index contributed by atoms with van der Waals surface area (Å²) in [7, 11) is 0. The minimum absolute atomic E-state index is 0.204. The molecule has 0 spiro atoms. The first kappa shape index (κ1) is 15.4. The van der Waals surface area contributed by atoms with E-state index in [1.165, 1.54) is 0 Å². The average molecular weight is 311 g/mol. The molecule has 1 aliphatic rings. The van der Waals surface area contributed by atoms with Gasteiger partial charge in [0.05, 0.1) is 5.56 Å². The van der Waals surface area contributed by atoms with E-state index in [-0.39, 0.29) is 11.6 Å². The van der Waals surface area contributed by atoms with Gasteiger partial charge in [0.15, 0.2) is 0 Å². The molecule has 0 aromatic carbocycles. The fourth-order valence-corrected chi connectivity index (χ4v) is 2.94. The summed E-state index contributed by atoms with van der Waals surface area (Å²) in [5.74, 6) is 1.33. The van der Waals surface area contributed by atoms with E-state index < -0.39 is 0 Å². The van der Waals surface area contributed by atoms with Gasteiger partial charge in [-0.1, -0.05) is 6.07 Å². The molecular weight excluding hydrogens is 290 g/mol. The van der Waals surface area contributed by atoms with Crippen LogP contribution in [-0.4, -0.2) is 35.4 Å². The summed E-state index contributed by atoms with van der Waals surface area (Å²) < 4.78 is 0. The number of carbonyl (C=O) groups excluding carboxylic acids is 1. The van der Waals surface area contributed by atoms with Crippen molar-refractivity contribution in [1.29, 1.82) is 0 Å². The van der Waals surface area contributed by atoms with Crippen molar-refractivity contribution >= 4 is 17.4 Å². The van der Waals surface area contributed by atoms with Crippen molar-refractivity contribution in [2.45, 2.75) is 12.8 Å². The molecule has 3 rings (SSSR count). The van der Waals surface area contributed by atoms with Crippen LogP contribution in [0.4, 0.5) is 11.6 Å². The number of hydrogen-bond donors (Lipinski definition) is 2. The van der Waals surface area contributed by atoms with Crippen LogP contribution in [0.5, 0.6) is 0 Å². The number of pyridine rings is 2. The maximum atomic E-state index is 12.6. The molecule has 1 aliphatic heterocycles. The van der Waals surface area contributed by atoms with Gasteiger partial charge in [-0.3, -0.25) is 4.79 Å². The lowest BCUT2D eigenvalue weighted by molar-refractivity contribution is 0.103. The predicted octanol–water partition coefficient (Wildman–Crippen LogP) is 1.46. The lowest BCUT2D eigenvalue weighted by Crippen LogP contribution is -2.38. The molecule has 120 valence electrons. The number of piperidine rings is 1. The van der Waals surface area contributed by atoms with E-state index in [2.05, 4.69) is 14.9 Å². The summed E-state index contributed by atoms with van der Waals surface area (Å²) in [5, 5.41) is 0. The van der Waals surface area contributed by atoms with Crippen LogP contribution >= 0.6 is 0 Å². The first-order chi connectivity index (χ1) is 11.2. The number of ketones is 1. The SMILES string of the molecule is NCC1CCCN(c2cccc(C(=O)c3cccnc3N)n2)C1. The molecule has 1 atom stereocenters. The highest BCUT2D eigenvalue weighted by atomic mass is 16.1. The lowest BCUT2D eigenvalue weighted by Gasteiger charge is -2.33. The van der Waals surface area contributed by atoms with E-state index in [1.807, 2.05) is 12.1 Å². The summed E-state index contributed by atoms with van der Waals surface area (Å²) in [6.07, 6.45) is 3.81. The molecule has 3 heterocycles. The Kier molecular flexibility index (Phi) is 4.52. The van der Waals surface area contributed by atoms with E-state index in [9.17, 15) is 4.79 Å². The van der Waals surface area contributed by atoms with Crippen LogP contribution in [-0.2, 0) is 0 Å². The molecule has 4 N–H and O–H groups in total. The maximum Gasteiger partial charge on any atom is 0.215 e. The molecule has 2 aromatic rings. The maximum absolute atomic E-state index is 12.6. The van der Waals surface area contributed by atoms with Gasteiger partial charge in [0.1, 0.15) is 17.3 Å². The molecule has 2 aromatic heterocycles. The van der Waals surface area contributed by atoms with E-state index in [1.54, 1.807) is 24.4 Å². The highest BCUT2D eigenvalue weighted by Gasteiger charge is 2.21. The van der Waals surface area contributed by atoms with Gasteiger partial charge in [-0.2, -0.15) is 0 Å². The van der Waals surface area contributed by atoms with Gasteiger partial charge in [-0.25, -0.2) is 9.97 Å². The number of rotatable bonds is 4. The van der Waals surface area contributed by atoms with E-state index in [0.717, 1.165) is 31.7 Å². The zero-order valence-electron chi connectivity index (χ0n) is 13.0. The third kappa shape index (κ3) is 3.32. The van der Waals surface area contributed by atoms with Crippen molar-refractivity contribution < 1.29 is 4.79 Å². The fourth-order valence-electron chi connectivity index (χ4n) is 2.94. The molecule has 1 saturated heterocycles. The molecule has 0 saturated carbocycles. The Bertz CT molecular complexity index is 703. The van der Waals surface area contributed by atoms with Crippen LogP contribution in [0.15, 0.2) is 36.5 Å². The highest BCUT2D eigenvalue weighted by molar-refractivity contribution is 6.10. The fraction of sp³-hybridized carbons (Fsp3) is 0.353. The monoisotopic (exact) mass is 311 g/mol. The number of carbonyl (C=O) groups is 1. The van der Waals surface area contributed by atoms with E-state index in [4.69, 9.17) is 11.5 Å². The molecule has 0 aliphatic carbocycles. The summed E-state index contributed by atoms with van der Waals surface area (Å²) >= 11 is 0. The summed E-state index contributed by atoms with van der Waals surface area (Å²) in [4.78, 5) is 23.3. The van der Waals surface area contributed by atoms with Crippen LogP contribution in [0.25, 0.3) is 0 Å². The lowest BCUT2D eigenvalue weighted by atomic mass is 9.98. The largest absolute Gasteiger partial charge is 0.383 e. The Morgan fingerprint density at radius 3 is 2.96 bits per heavy atom. The minimum Gasteiger partial charge on any atom is -0.383 e. The van der Waals surface area contributed by atoms with Gasteiger partial charge in [0, 0.05) is 19.3 Å². The first-order valence-corrected chi connectivity index (χ1v) is 7.86. The van der Waals surface area contributed by atoms with Gasteiger partial charge >= 0.3 is 0 Å². The average Bonchev–Trinajstić information content (AvgIpc) is 2.62. The van der Waals surface area contributed by atoms with Crippen LogP contribution in [0, 0.1) is 5.92 Å². The number of nitrogen functional groups attached to an aromatic ring is 1. The van der Waals surface area contributed by atoms with Gasteiger partial charge < -0.3 is 16.4 Å². The molecule has 6 heteroatoms. The second kappa shape index (κ2) is 6.75. The van der Waals surface area contributed by atoms with Crippen molar-refractivity contribution in [3.8, 4) is 0 Å². The number of hydrogen-bond acceptors (Lipinski definition) is 6. The second-order valence-corrected chi connectivity index (χ2v) is 5.84. The van der Waals surface area contributed by atoms with Crippen molar-refractivity contribution in [2.75, 3.05) is 30.3 Å². The van der Waals surface area contributed by atoms with Gasteiger partial charge in [-0.15, -0.1) is 0 Å². The third-order valence-electron chi connectivity index (χ3n) is 4.23. The summed E-state index contributed by atoms with van der Waals surface area (Å²) in [5.41, 5.74) is 12.4. The Balaban J connectivity index is 1.85. The number of nitrogens with two attached hydrogens (primary N) is 2. The Hall–Kier alpha value is -2.47. The zero-order valence-corrected chi connectivity index (χ0v) is 13.0. The summed E-state index contributed by atoms with van der Waals surface area (Å²) in [6, 6.07) is 8.87. The van der Waals surface area contributed by atoms with Crippen LogP contribution < -0.4 is 16.4 Å². The van der Waals surface area contributed by atoms with Crippen LogP contribution in [0.2, 0.25) is 0 Å². The standard InChI is InChI=1S/C17H21N5O/c18-10-12-4-3-9-22(11-12)15-7-1-6-14(21-15)16(23)13-5-2-8-20-17(13)19/h1-2,5-8,12H,3-4,9-11,18H2,(H2,19,20). The second-order valence-electron chi connectivity index (χ2n) is 5.84. The number of anilines is 2. The van der Waals surface area contributed by atoms with Gasteiger partial charge in [-0.05, 0) is 49.6 Å². The molecule has 0 radical (unpaired) electrons. The molecular formula is C17H21N5O. The van der Waals surface area contributed by atoms with Crippen molar-refractivity contribution in [3.05, 3.63) is 47.8 Å². The van der Waals surface area contributed by atoms with Crippen LogP contribution in [0.3, 0.4) is 0 Å². The topological polar surface area (TPSA) is 98.1 Å². The van der Waals surface area contributed by atoms with Crippen molar-refractivity contribution in [3.63, 3.8) is 0 Å². The number of nitrogens with zero attached hydrogens (tertiary/aromatic N) is 3. The number of aromatic nitrogens is 2. The molecule has 0 bridgehead atoms. The third-order valence-corrected chi connectivity index (χ3v) is 4.23. The van der Waals surface area contributed by atoms with E-state index >= 15 is 0 Å². The minimum atomic E-state index is -0.204. The predicted molar refractivity (Wildman–Crippen MR) is 90.3 cm³/mol. The quantitative estimate of drug-likeness (QED) is 0.830. The Labute approximate surface area is 135 Å². The smallest absolute Gasteiger partial charge is 0.215 e. The Morgan fingerprint density at radius 2 is 2.17 bits per heavy atom. The first-order valence-electron chi connectivity index (χ1n) is 7.86. The van der Waals surface area contributed by atoms with Crippen molar-refractivity contribution in [2.24, 2.45) is 11.7 Å². The van der Waals surface area contributed by atoms with Gasteiger partial charge in [0.2, 0.25) is 5.78 Å². The Morgan fingerprint density at radius 1 is 1.30 bits per heavy atom. The van der Waals surface area contributed by atoms with Crippen molar-refractivity contribution in [1.82, 2.24) is 9.97 Å². The van der Waals surface area contributed by atoms with E-state index in [0.29, 0.717) is 23.7 Å². The molecule has 23 heavy (non-hydrogen) atoms. The van der Waals surface area contributed by atoms with Crippen LogP contribution in [0.1, 0.15) is 28.9 Å². The zero-order chi connectivity index (χ0) is 16.2. The molecule has 6 nitrogen and oxygen atoms in total. The molecule has 1 fully saturated rings. The normalized spacial score (nSPS) is 18.0.